The SMILES string of the molecule is Cc1ccccc1-n1cnnc1SCC(=O)Nc1ccccc1C(F)(F)F. The maximum absolute atomic E-state index is 13.0. The maximum Gasteiger partial charge on any atom is 0.418 e. The van der Waals surface area contributed by atoms with Crippen LogP contribution in [0.15, 0.2) is 60.0 Å². The van der Waals surface area contributed by atoms with Crippen molar-refractivity contribution in [2.75, 3.05) is 11.1 Å². The van der Waals surface area contributed by atoms with Gasteiger partial charge in [0.1, 0.15) is 6.33 Å². The zero-order valence-corrected chi connectivity index (χ0v) is 15.0. The third-order valence-electron chi connectivity index (χ3n) is 3.73. The predicted octanol–water partition coefficient (Wildman–Crippen LogP) is 4.33. The normalized spacial score (nSPS) is 11.4. The number of nitrogens with zero attached hydrogens (tertiary/aromatic N) is 3. The summed E-state index contributed by atoms with van der Waals surface area (Å²) in [6.45, 7) is 1.94. The molecule has 0 unspecified atom stereocenters. The number of rotatable bonds is 5. The molecule has 1 N–H and O–H groups in total. The fourth-order valence-electron chi connectivity index (χ4n) is 2.48. The molecule has 0 bridgehead atoms. The molecule has 140 valence electrons. The summed E-state index contributed by atoms with van der Waals surface area (Å²) in [5.74, 6) is -0.660. The molecule has 0 aliphatic rings. The van der Waals surface area contributed by atoms with Crippen LogP contribution in [0.25, 0.3) is 5.69 Å². The molecular weight excluding hydrogens is 377 g/mol. The van der Waals surface area contributed by atoms with Crippen LogP contribution in [0.2, 0.25) is 0 Å². The second-order valence-electron chi connectivity index (χ2n) is 5.65. The van der Waals surface area contributed by atoms with Crippen molar-refractivity contribution < 1.29 is 18.0 Å². The van der Waals surface area contributed by atoms with Crippen LogP contribution < -0.4 is 5.32 Å². The molecule has 0 atom stereocenters. The molecule has 2 aromatic carbocycles. The van der Waals surface area contributed by atoms with Crippen LogP contribution in [0.3, 0.4) is 0 Å². The Bertz CT molecular complexity index is 956. The lowest BCUT2D eigenvalue weighted by atomic mass is 10.1. The molecule has 0 radical (unpaired) electrons. The largest absolute Gasteiger partial charge is 0.418 e. The van der Waals surface area contributed by atoms with Gasteiger partial charge in [0.25, 0.3) is 0 Å². The van der Waals surface area contributed by atoms with E-state index in [9.17, 15) is 18.0 Å². The molecule has 5 nitrogen and oxygen atoms in total. The molecule has 1 aromatic heterocycles. The molecule has 3 rings (SSSR count). The van der Waals surface area contributed by atoms with Gasteiger partial charge >= 0.3 is 6.18 Å². The lowest BCUT2D eigenvalue weighted by molar-refractivity contribution is -0.137. The Hall–Kier alpha value is -2.81. The number of carbonyl (C=O) groups is 1. The van der Waals surface area contributed by atoms with Gasteiger partial charge in [0.15, 0.2) is 5.16 Å². The van der Waals surface area contributed by atoms with Gasteiger partial charge < -0.3 is 5.32 Å². The molecule has 0 spiro atoms. The number of benzene rings is 2. The zero-order valence-electron chi connectivity index (χ0n) is 14.2. The van der Waals surface area contributed by atoms with Crippen LogP contribution in [0.4, 0.5) is 18.9 Å². The quantitative estimate of drug-likeness (QED) is 0.657. The molecule has 0 fully saturated rings. The van der Waals surface area contributed by atoms with E-state index in [0.717, 1.165) is 29.1 Å². The number of nitrogens with one attached hydrogen (secondary N) is 1. The van der Waals surface area contributed by atoms with Crippen molar-refractivity contribution in [2.24, 2.45) is 0 Å². The monoisotopic (exact) mass is 392 g/mol. The summed E-state index contributed by atoms with van der Waals surface area (Å²) in [4.78, 5) is 12.1. The number of para-hydroxylation sites is 2. The molecule has 27 heavy (non-hydrogen) atoms. The van der Waals surface area contributed by atoms with Crippen molar-refractivity contribution in [3.8, 4) is 5.69 Å². The Morgan fingerprint density at radius 2 is 1.85 bits per heavy atom. The summed E-state index contributed by atoms with van der Waals surface area (Å²) in [6.07, 6.45) is -3.01. The van der Waals surface area contributed by atoms with Crippen molar-refractivity contribution in [2.45, 2.75) is 18.3 Å². The van der Waals surface area contributed by atoms with Gasteiger partial charge in [0.2, 0.25) is 5.91 Å². The zero-order chi connectivity index (χ0) is 19.4. The van der Waals surface area contributed by atoms with Crippen LogP contribution >= 0.6 is 11.8 Å². The van der Waals surface area contributed by atoms with Gasteiger partial charge in [-0.15, -0.1) is 10.2 Å². The first-order valence-electron chi connectivity index (χ1n) is 7.91. The fraction of sp³-hybridized carbons (Fsp3) is 0.167. The Kier molecular flexibility index (Phi) is 5.50. The maximum atomic E-state index is 13.0. The lowest BCUT2D eigenvalue weighted by Gasteiger charge is -2.13. The van der Waals surface area contributed by atoms with Crippen LogP contribution in [0, 0.1) is 6.92 Å². The number of aryl methyl sites for hydroxylation is 1. The number of alkyl halides is 3. The van der Waals surface area contributed by atoms with Crippen molar-refractivity contribution >= 4 is 23.4 Å². The van der Waals surface area contributed by atoms with Gasteiger partial charge in [-0.3, -0.25) is 9.36 Å². The summed E-state index contributed by atoms with van der Waals surface area (Å²) in [6, 6.07) is 12.5. The van der Waals surface area contributed by atoms with E-state index >= 15 is 0 Å². The van der Waals surface area contributed by atoms with Gasteiger partial charge in [-0.2, -0.15) is 13.2 Å². The van der Waals surface area contributed by atoms with E-state index in [1.54, 1.807) is 4.57 Å². The lowest BCUT2D eigenvalue weighted by Crippen LogP contribution is -2.18. The summed E-state index contributed by atoms with van der Waals surface area (Å²) >= 11 is 1.09. The van der Waals surface area contributed by atoms with Gasteiger partial charge in [-0.25, -0.2) is 0 Å². The highest BCUT2D eigenvalue weighted by Gasteiger charge is 2.33. The minimum absolute atomic E-state index is 0.100. The summed E-state index contributed by atoms with van der Waals surface area (Å²) in [5, 5.41) is 10.6. The van der Waals surface area contributed by atoms with Crippen molar-refractivity contribution in [3.63, 3.8) is 0 Å². The van der Waals surface area contributed by atoms with E-state index in [1.165, 1.54) is 24.5 Å². The van der Waals surface area contributed by atoms with Crippen molar-refractivity contribution in [3.05, 3.63) is 66.0 Å². The van der Waals surface area contributed by atoms with E-state index < -0.39 is 17.6 Å². The minimum Gasteiger partial charge on any atom is -0.325 e. The third-order valence-corrected chi connectivity index (χ3v) is 4.67. The van der Waals surface area contributed by atoms with Crippen molar-refractivity contribution in [1.82, 2.24) is 14.8 Å². The van der Waals surface area contributed by atoms with Crippen LogP contribution in [-0.4, -0.2) is 26.4 Å². The molecule has 3 aromatic rings. The van der Waals surface area contributed by atoms with Crippen molar-refractivity contribution in [1.29, 1.82) is 0 Å². The summed E-state index contributed by atoms with van der Waals surface area (Å²) < 4.78 is 40.8. The molecule has 9 heteroatoms. The highest BCUT2D eigenvalue weighted by atomic mass is 32.2. The van der Waals surface area contributed by atoms with Crippen LogP contribution in [0.1, 0.15) is 11.1 Å². The smallest absolute Gasteiger partial charge is 0.325 e. The van der Waals surface area contributed by atoms with E-state index in [4.69, 9.17) is 0 Å². The molecule has 1 amide bonds. The molecule has 0 aliphatic carbocycles. The number of anilines is 1. The minimum atomic E-state index is -4.54. The number of halogens is 3. The average molecular weight is 392 g/mol. The van der Waals surface area contributed by atoms with E-state index in [0.29, 0.717) is 5.16 Å². The third kappa shape index (κ3) is 4.48. The van der Waals surface area contributed by atoms with E-state index in [1.807, 2.05) is 31.2 Å². The highest BCUT2D eigenvalue weighted by Crippen LogP contribution is 2.34. The van der Waals surface area contributed by atoms with Gasteiger partial charge in [-0.1, -0.05) is 42.1 Å². The van der Waals surface area contributed by atoms with Gasteiger partial charge in [-0.05, 0) is 30.7 Å². The van der Waals surface area contributed by atoms with E-state index in [2.05, 4.69) is 15.5 Å². The molecular formula is C18H15F3N4OS. The number of hydrogen-bond donors (Lipinski definition) is 1. The number of thioether (sulfide) groups is 1. The van der Waals surface area contributed by atoms with E-state index in [-0.39, 0.29) is 11.4 Å². The Labute approximate surface area is 157 Å². The second kappa shape index (κ2) is 7.83. The number of hydrogen-bond acceptors (Lipinski definition) is 4. The first-order valence-corrected chi connectivity index (χ1v) is 8.89. The molecule has 0 saturated carbocycles. The van der Waals surface area contributed by atoms with Crippen LogP contribution in [-0.2, 0) is 11.0 Å². The standard InChI is InChI=1S/C18H15F3N4OS/c1-12-6-2-5-9-15(12)25-11-22-24-17(25)27-10-16(26)23-14-8-4-3-7-13(14)18(19,20)21/h2-9,11H,10H2,1H3,(H,23,26). The highest BCUT2D eigenvalue weighted by molar-refractivity contribution is 7.99. The summed E-state index contributed by atoms with van der Waals surface area (Å²) in [5.41, 5.74) is 0.720. The average Bonchev–Trinajstić information content (AvgIpc) is 3.08. The second-order valence-corrected chi connectivity index (χ2v) is 6.59. The summed E-state index contributed by atoms with van der Waals surface area (Å²) in [7, 11) is 0. The van der Waals surface area contributed by atoms with Gasteiger partial charge in [0, 0.05) is 0 Å². The molecule has 0 saturated heterocycles. The number of amides is 1. The Morgan fingerprint density at radius 3 is 2.59 bits per heavy atom. The number of aromatic nitrogens is 3. The first-order chi connectivity index (χ1) is 12.9. The predicted molar refractivity (Wildman–Crippen MR) is 96.9 cm³/mol. The molecule has 1 heterocycles. The van der Waals surface area contributed by atoms with Crippen LogP contribution in [0.5, 0.6) is 0 Å². The number of carbonyl (C=O) groups excluding carboxylic acids is 1. The Morgan fingerprint density at radius 1 is 1.15 bits per heavy atom. The fourth-order valence-corrected chi connectivity index (χ4v) is 3.20. The topological polar surface area (TPSA) is 59.8 Å². The Balaban J connectivity index is 1.70. The van der Waals surface area contributed by atoms with Gasteiger partial charge in [0.05, 0.1) is 22.7 Å². The first kappa shape index (κ1) is 19.0. The molecule has 0 aliphatic heterocycles.